The first kappa shape index (κ1) is 11.0. The van der Waals surface area contributed by atoms with E-state index in [0.29, 0.717) is 12.5 Å². The molecule has 2 nitrogen and oxygen atoms in total. The number of benzene rings is 1. The molecule has 16 heavy (non-hydrogen) atoms. The van der Waals surface area contributed by atoms with Gasteiger partial charge in [-0.25, -0.2) is 0 Å². The predicted octanol–water partition coefficient (Wildman–Crippen LogP) is 2.42. The van der Waals surface area contributed by atoms with E-state index < -0.39 is 0 Å². The van der Waals surface area contributed by atoms with Gasteiger partial charge in [-0.1, -0.05) is 29.8 Å². The third kappa shape index (κ3) is 2.17. The summed E-state index contributed by atoms with van der Waals surface area (Å²) in [6.07, 6.45) is 4.20. The highest BCUT2D eigenvalue weighted by Gasteiger charge is 2.12. The SMILES string of the molecule is Cc1ccc(C(CN)c2ccn(C)c2)cc1. The lowest BCUT2D eigenvalue weighted by atomic mass is 9.93. The molecule has 1 aromatic carbocycles. The van der Waals surface area contributed by atoms with E-state index >= 15 is 0 Å². The first-order valence-electron chi connectivity index (χ1n) is 5.59. The summed E-state index contributed by atoms with van der Waals surface area (Å²) < 4.78 is 2.06. The molecule has 0 spiro atoms. The summed E-state index contributed by atoms with van der Waals surface area (Å²) in [7, 11) is 2.03. The number of nitrogens with zero attached hydrogens (tertiary/aromatic N) is 1. The largest absolute Gasteiger partial charge is 0.357 e. The minimum Gasteiger partial charge on any atom is -0.357 e. The molecule has 0 amide bonds. The van der Waals surface area contributed by atoms with E-state index in [-0.39, 0.29) is 0 Å². The molecule has 84 valence electrons. The van der Waals surface area contributed by atoms with Crippen LogP contribution in [0.3, 0.4) is 0 Å². The van der Waals surface area contributed by atoms with E-state index in [0.717, 1.165) is 0 Å². The van der Waals surface area contributed by atoms with Crippen LogP contribution in [0.25, 0.3) is 0 Å². The Morgan fingerprint density at radius 3 is 2.31 bits per heavy atom. The van der Waals surface area contributed by atoms with Gasteiger partial charge in [0.15, 0.2) is 0 Å². The zero-order valence-corrected chi connectivity index (χ0v) is 9.85. The standard InChI is InChI=1S/C14H18N2/c1-11-3-5-12(6-4-11)14(9-15)13-7-8-16(2)10-13/h3-8,10,14H,9,15H2,1-2H3. The monoisotopic (exact) mass is 214 g/mol. The van der Waals surface area contributed by atoms with Gasteiger partial charge in [0.05, 0.1) is 0 Å². The van der Waals surface area contributed by atoms with Crippen molar-refractivity contribution in [1.29, 1.82) is 0 Å². The average molecular weight is 214 g/mol. The quantitative estimate of drug-likeness (QED) is 0.835. The van der Waals surface area contributed by atoms with Gasteiger partial charge in [-0.15, -0.1) is 0 Å². The van der Waals surface area contributed by atoms with Crippen LogP contribution in [0.2, 0.25) is 0 Å². The third-order valence-corrected chi connectivity index (χ3v) is 2.97. The smallest absolute Gasteiger partial charge is 0.0227 e. The molecule has 0 bridgehead atoms. The number of aryl methyl sites for hydroxylation is 2. The van der Waals surface area contributed by atoms with Gasteiger partial charge in [0.2, 0.25) is 0 Å². The van der Waals surface area contributed by atoms with Crippen molar-refractivity contribution in [3.63, 3.8) is 0 Å². The van der Waals surface area contributed by atoms with Gasteiger partial charge in [0.1, 0.15) is 0 Å². The van der Waals surface area contributed by atoms with Gasteiger partial charge in [0.25, 0.3) is 0 Å². The van der Waals surface area contributed by atoms with Gasteiger partial charge in [-0.2, -0.15) is 0 Å². The second kappa shape index (κ2) is 4.54. The van der Waals surface area contributed by atoms with Gasteiger partial charge in [0, 0.05) is 31.9 Å². The van der Waals surface area contributed by atoms with Crippen LogP contribution in [-0.2, 0) is 7.05 Å². The van der Waals surface area contributed by atoms with Crippen molar-refractivity contribution >= 4 is 0 Å². The van der Waals surface area contributed by atoms with E-state index in [2.05, 4.69) is 54.2 Å². The molecule has 0 radical (unpaired) electrons. The summed E-state index contributed by atoms with van der Waals surface area (Å²) in [6, 6.07) is 10.7. The zero-order chi connectivity index (χ0) is 11.5. The Labute approximate surface area is 96.7 Å². The molecule has 0 aliphatic carbocycles. The molecule has 1 heterocycles. The molecule has 0 fully saturated rings. The molecule has 2 N–H and O–H groups in total. The molecule has 0 saturated carbocycles. The normalized spacial score (nSPS) is 12.7. The fraction of sp³-hybridized carbons (Fsp3) is 0.286. The Morgan fingerprint density at radius 1 is 1.12 bits per heavy atom. The summed E-state index contributed by atoms with van der Waals surface area (Å²) in [5, 5.41) is 0. The maximum Gasteiger partial charge on any atom is 0.0227 e. The van der Waals surface area contributed by atoms with Gasteiger partial charge < -0.3 is 10.3 Å². The van der Waals surface area contributed by atoms with Crippen LogP contribution in [0, 0.1) is 6.92 Å². The van der Waals surface area contributed by atoms with Crippen molar-refractivity contribution < 1.29 is 0 Å². The summed E-state index contributed by atoms with van der Waals surface area (Å²) in [5.41, 5.74) is 9.74. The Morgan fingerprint density at radius 2 is 1.81 bits per heavy atom. The highest BCUT2D eigenvalue weighted by molar-refractivity contribution is 5.33. The number of nitrogens with two attached hydrogens (primary N) is 1. The number of aromatic nitrogens is 1. The zero-order valence-electron chi connectivity index (χ0n) is 9.85. The van der Waals surface area contributed by atoms with Crippen molar-refractivity contribution in [3.8, 4) is 0 Å². The molecule has 1 atom stereocenters. The maximum absolute atomic E-state index is 5.87. The molecule has 2 rings (SSSR count). The number of rotatable bonds is 3. The van der Waals surface area contributed by atoms with Gasteiger partial charge in [-0.05, 0) is 24.1 Å². The lowest BCUT2D eigenvalue weighted by molar-refractivity contribution is 0.811. The molecule has 1 unspecified atom stereocenters. The van der Waals surface area contributed by atoms with Crippen LogP contribution >= 0.6 is 0 Å². The van der Waals surface area contributed by atoms with Gasteiger partial charge in [-0.3, -0.25) is 0 Å². The van der Waals surface area contributed by atoms with Crippen LogP contribution in [0.4, 0.5) is 0 Å². The molecular weight excluding hydrogens is 196 g/mol. The lowest BCUT2D eigenvalue weighted by Crippen LogP contribution is -2.13. The first-order valence-corrected chi connectivity index (χ1v) is 5.59. The molecular formula is C14H18N2. The highest BCUT2D eigenvalue weighted by atomic mass is 14.9. The Bertz CT molecular complexity index is 454. The average Bonchev–Trinajstić information content (AvgIpc) is 2.69. The second-order valence-corrected chi connectivity index (χ2v) is 4.31. The fourth-order valence-electron chi connectivity index (χ4n) is 1.99. The Balaban J connectivity index is 2.32. The van der Waals surface area contributed by atoms with E-state index in [1.807, 2.05) is 7.05 Å². The minimum atomic E-state index is 0.307. The molecule has 2 heteroatoms. The number of hydrogen-bond acceptors (Lipinski definition) is 1. The fourth-order valence-corrected chi connectivity index (χ4v) is 1.99. The van der Waals surface area contributed by atoms with E-state index in [9.17, 15) is 0 Å². The van der Waals surface area contributed by atoms with Crippen molar-refractivity contribution in [3.05, 3.63) is 59.4 Å². The molecule has 0 aliphatic rings. The maximum atomic E-state index is 5.87. The molecule has 0 saturated heterocycles. The molecule has 2 aromatic rings. The molecule has 1 aromatic heterocycles. The van der Waals surface area contributed by atoms with Crippen LogP contribution in [0.1, 0.15) is 22.6 Å². The Hall–Kier alpha value is -1.54. The predicted molar refractivity (Wildman–Crippen MR) is 67.5 cm³/mol. The second-order valence-electron chi connectivity index (χ2n) is 4.31. The Kier molecular flexibility index (Phi) is 3.11. The van der Waals surface area contributed by atoms with Crippen molar-refractivity contribution in [1.82, 2.24) is 4.57 Å². The molecule has 0 aliphatic heterocycles. The topological polar surface area (TPSA) is 30.9 Å². The van der Waals surface area contributed by atoms with Gasteiger partial charge >= 0.3 is 0 Å². The third-order valence-electron chi connectivity index (χ3n) is 2.97. The van der Waals surface area contributed by atoms with E-state index in [1.165, 1.54) is 16.7 Å². The first-order chi connectivity index (χ1) is 7.70. The minimum absolute atomic E-state index is 0.307. The van der Waals surface area contributed by atoms with E-state index in [1.54, 1.807) is 0 Å². The lowest BCUT2D eigenvalue weighted by Gasteiger charge is -2.14. The van der Waals surface area contributed by atoms with E-state index in [4.69, 9.17) is 5.73 Å². The summed E-state index contributed by atoms with van der Waals surface area (Å²) >= 11 is 0. The highest BCUT2D eigenvalue weighted by Crippen LogP contribution is 2.23. The summed E-state index contributed by atoms with van der Waals surface area (Å²) in [5.74, 6) is 0.307. The van der Waals surface area contributed by atoms with Crippen LogP contribution < -0.4 is 5.73 Å². The summed E-state index contributed by atoms with van der Waals surface area (Å²) in [4.78, 5) is 0. The van der Waals surface area contributed by atoms with Crippen molar-refractivity contribution in [2.24, 2.45) is 12.8 Å². The summed E-state index contributed by atoms with van der Waals surface area (Å²) in [6.45, 7) is 2.75. The van der Waals surface area contributed by atoms with Crippen LogP contribution in [0.15, 0.2) is 42.7 Å². The van der Waals surface area contributed by atoms with Crippen molar-refractivity contribution in [2.45, 2.75) is 12.8 Å². The number of hydrogen-bond donors (Lipinski definition) is 1. The van der Waals surface area contributed by atoms with Crippen LogP contribution in [-0.4, -0.2) is 11.1 Å². The van der Waals surface area contributed by atoms with Crippen molar-refractivity contribution in [2.75, 3.05) is 6.54 Å². The van der Waals surface area contributed by atoms with Crippen LogP contribution in [0.5, 0.6) is 0 Å².